The Hall–Kier alpha value is -2.55. The van der Waals surface area contributed by atoms with Gasteiger partial charge in [-0.1, -0.05) is 22.8 Å². The first kappa shape index (κ1) is 25.1. The van der Waals surface area contributed by atoms with Crippen LogP contribution in [-0.4, -0.2) is 41.0 Å². The number of nitrogens with two attached hydrogens (primary N) is 1. The van der Waals surface area contributed by atoms with Gasteiger partial charge >= 0.3 is 6.18 Å². The number of alkyl halides is 3. The zero-order chi connectivity index (χ0) is 24.4. The maximum atomic E-state index is 14.9. The largest absolute Gasteiger partial charge is 0.389 e. The van der Waals surface area contributed by atoms with Crippen LogP contribution in [0.3, 0.4) is 0 Å². The van der Waals surface area contributed by atoms with Crippen molar-refractivity contribution >= 4 is 38.9 Å². The van der Waals surface area contributed by atoms with E-state index >= 15 is 0 Å². The van der Waals surface area contributed by atoms with Gasteiger partial charge in [-0.3, -0.25) is 4.79 Å². The van der Waals surface area contributed by atoms with Crippen LogP contribution in [0.25, 0.3) is 11.4 Å². The number of aromatic nitrogens is 2. The van der Waals surface area contributed by atoms with Crippen LogP contribution in [0, 0.1) is 5.82 Å². The molecular weight excluding hydrogens is 512 g/mol. The number of nitrogens with zero attached hydrogens (tertiary/aromatic N) is 3. The normalized spacial score (nSPS) is 13.4. The minimum absolute atomic E-state index is 0.0336. The minimum Gasteiger partial charge on any atom is -0.368 e. The lowest BCUT2D eigenvalue weighted by Crippen LogP contribution is -2.47. The molecule has 0 bridgehead atoms. The van der Waals surface area contributed by atoms with Gasteiger partial charge in [-0.2, -0.15) is 22.5 Å². The lowest BCUT2D eigenvalue weighted by molar-refractivity contribution is -0.140. The monoisotopic (exact) mass is 526 g/mol. The molecule has 0 spiro atoms. The van der Waals surface area contributed by atoms with Gasteiger partial charge in [0, 0.05) is 24.1 Å². The Labute approximate surface area is 194 Å². The van der Waals surface area contributed by atoms with Gasteiger partial charge in [0.2, 0.25) is 18.1 Å². The van der Waals surface area contributed by atoms with Crippen LogP contribution in [0.4, 0.5) is 17.6 Å². The van der Waals surface area contributed by atoms with Gasteiger partial charge in [0.25, 0.3) is 10.0 Å². The summed E-state index contributed by atoms with van der Waals surface area (Å²) in [5, 5.41) is 4.89. The first-order valence-corrected chi connectivity index (χ1v) is 11.8. The summed E-state index contributed by atoms with van der Waals surface area (Å²) >= 11 is 6.94. The second kappa shape index (κ2) is 9.75. The Morgan fingerprint density at radius 3 is 2.61 bits per heavy atom. The summed E-state index contributed by atoms with van der Waals surface area (Å²) in [6.45, 7) is -0.802. The van der Waals surface area contributed by atoms with E-state index in [0.717, 1.165) is 29.9 Å². The number of carbonyl (C=O) groups is 1. The average molecular weight is 527 g/mol. The molecular formula is C18H15ClF4N4O4S2. The molecule has 0 aliphatic carbocycles. The molecule has 178 valence electrons. The van der Waals surface area contributed by atoms with Crippen molar-refractivity contribution < 1.29 is 35.3 Å². The second-order valence-electron chi connectivity index (χ2n) is 6.73. The molecule has 0 saturated carbocycles. The predicted octanol–water partition coefficient (Wildman–Crippen LogP) is 3.98. The molecule has 15 heteroatoms. The predicted molar refractivity (Wildman–Crippen MR) is 110 cm³/mol. The van der Waals surface area contributed by atoms with Crippen molar-refractivity contribution in [1.82, 2.24) is 14.4 Å². The third-order valence-electron chi connectivity index (χ3n) is 4.50. The van der Waals surface area contributed by atoms with E-state index in [0.29, 0.717) is 4.31 Å². The van der Waals surface area contributed by atoms with Gasteiger partial charge < -0.3 is 10.3 Å². The molecule has 0 aliphatic rings. The SMILES string of the molecule is NC(=O)[C@@H](CCC(F)(F)F)N(Cc1cc(Cl)c(-c2ncon2)cc1F)S(=O)(=O)c1cccs1. The molecule has 8 nitrogen and oxygen atoms in total. The highest BCUT2D eigenvalue weighted by molar-refractivity contribution is 7.91. The molecule has 2 N–H and O–H groups in total. The zero-order valence-corrected chi connectivity index (χ0v) is 18.8. The second-order valence-corrected chi connectivity index (χ2v) is 10.2. The van der Waals surface area contributed by atoms with Crippen LogP contribution in [0.15, 0.2) is 44.8 Å². The molecule has 0 fully saturated rings. The Morgan fingerprint density at radius 2 is 2.06 bits per heavy atom. The van der Waals surface area contributed by atoms with Crippen LogP contribution in [0.2, 0.25) is 5.02 Å². The molecule has 2 heterocycles. The first-order chi connectivity index (χ1) is 15.4. The van der Waals surface area contributed by atoms with Gasteiger partial charge in [0.1, 0.15) is 16.1 Å². The van der Waals surface area contributed by atoms with Crippen LogP contribution in [0.5, 0.6) is 0 Å². The first-order valence-electron chi connectivity index (χ1n) is 9.06. The van der Waals surface area contributed by atoms with Crippen molar-refractivity contribution in [2.75, 3.05) is 0 Å². The highest BCUT2D eigenvalue weighted by Crippen LogP contribution is 2.33. The van der Waals surface area contributed by atoms with Crippen molar-refractivity contribution in [1.29, 1.82) is 0 Å². The molecule has 1 amide bonds. The minimum atomic E-state index is -4.67. The Kier molecular flexibility index (Phi) is 7.41. The Bertz CT molecular complexity index is 1220. The summed E-state index contributed by atoms with van der Waals surface area (Å²) in [5.74, 6) is -2.30. The number of primary amides is 1. The number of carbonyl (C=O) groups excluding carboxylic acids is 1. The van der Waals surface area contributed by atoms with Crippen molar-refractivity contribution in [2.24, 2.45) is 5.73 Å². The summed E-state index contributed by atoms with van der Waals surface area (Å²) in [5.41, 5.74) is 5.02. The molecule has 0 radical (unpaired) electrons. The average Bonchev–Trinajstić information content (AvgIpc) is 3.42. The van der Waals surface area contributed by atoms with Crippen LogP contribution in [-0.2, 0) is 21.4 Å². The van der Waals surface area contributed by atoms with Gasteiger partial charge in [-0.25, -0.2) is 12.8 Å². The van der Waals surface area contributed by atoms with Crippen LogP contribution < -0.4 is 5.73 Å². The fourth-order valence-corrected chi connectivity index (χ4v) is 5.95. The third kappa shape index (κ3) is 5.88. The smallest absolute Gasteiger partial charge is 0.368 e. The molecule has 33 heavy (non-hydrogen) atoms. The lowest BCUT2D eigenvalue weighted by Gasteiger charge is -2.29. The number of sulfonamides is 1. The van der Waals surface area contributed by atoms with Gasteiger partial charge in [-0.15, -0.1) is 11.3 Å². The van der Waals surface area contributed by atoms with E-state index in [4.69, 9.17) is 17.3 Å². The van der Waals surface area contributed by atoms with Crippen molar-refractivity contribution in [3.8, 4) is 11.4 Å². The van der Waals surface area contributed by atoms with Crippen LogP contribution >= 0.6 is 22.9 Å². The summed E-state index contributed by atoms with van der Waals surface area (Å²) in [7, 11) is -4.52. The molecule has 1 aromatic carbocycles. The number of halogens is 5. The topological polar surface area (TPSA) is 119 Å². The molecule has 2 aromatic heterocycles. The van der Waals surface area contributed by atoms with Crippen molar-refractivity contribution in [3.63, 3.8) is 0 Å². The lowest BCUT2D eigenvalue weighted by atomic mass is 10.1. The van der Waals surface area contributed by atoms with E-state index in [2.05, 4.69) is 14.7 Å². The molecule has 3 rings (SSSR count). The number of benzene rings is 1. The van der Waals surface area contributed by atoms with E-state index < -0.39 is 53.4 Å². The quantitative estimate of drug-likeness (QED) is 0.421. The van der Waals surface area contributed by atoms with Gasteiger partial charge in [0.15, 0.2) is 0 Å². The van der Waals surface area contributed by atoms with Gasteiger partial charge in [0.05, 0.1) is 5.02 Å². The van der Waals surface area contributed by atoms with E-state index in [1.165, 1.54) is 17.5 Å². The highest BCUT2D eigenvalue weighted by Gasteiger charge is 2.39. The van der Waals surface area contributed by atoms with E-state index in [1.807, 2.05) is 0 Å². The fraction of sp³-hybridized carbons (Fsp3) is 0.278. The van der Waals surface area contributed by atoms with Gasteiger partial charge in [-0.05, 0) is 30.0 Å². The molecule has 0 aliphatic heterocycles. The Balaban J connectivity index is 2.05. The van der Waals surface area contributed by atoms with Crippen molar-refractivity contribution in [3.05, 3.63) is 52.4 Å². The molecule has 0 saturated heterocycles. The number of rotatable bonds is 9. The van der Waals surface area contributed by atoms with E-state index in [9.17, 15) is 30.8 Å². The number of amides is 1. The van der Waals surface area contributed by atoms with Crippen molar-refractivity contribution in [2.45, 2.75) is 35.8 Å². The third-order valence-corrected chi connectivity index (χ3v) is 8.04. The maximum Gasteiger partial charge on any atom is 0.389 e. The van der Waals surface area contributed by atoms with E-state index in [1.54, 1.807) is 0 Å². The molecule has 1 atom stereocenters. The Morgan fingerprint density at radius 1 is 1.33 bits per heavy atom. The standard InChI is InChI=1S/C18H15ClF4N4O4S2/c19-12-6-10(13(20)7-11(12)17-25-9-31-26-17)8-27(33(29,30)15-2-1-5-32-15)14(16(24)28)3-4-18(21,22)23/h1-2,5-7,9,14H,3-4,8H2,(H2,24,28)/t14-/m1/s1. The number of thiophene rings is 1. The maximum absolute atomic E-state index is 14.9. The number of hydrogen-bond acceptors (Lipinski definition) is 7. The molecule has 0 unspecified atom stereocenters. The summed E-state index contributed by atoms with van der Waals surface area (Å²) in [6.07, 6.45) is -6.10. The summed E-state index contributed by atoms with van der Waals surface area (Å²) < 4.78 is 84.5. The van der Waals surface area contributed by atoms with Crippen LogP contribution in [0.1, 0.15) is 18.4 Å². The van der Waals surface area contributed by atoms with E-state index in [-0.39, 0.29) is 26.2 Å². The molecule has 3 aromatic rings. The number of hydrogen-bond donors (Lipinski definition) is 1. The summed E-state index contributed by atoms with van der Waals surface area (Å²) in [6, 6.07) is 2.71. The fourth-order valence-electron chi connectivity index (χ4n) is 2.95. The summed E-state index contributed by atoms with van der Waals surface area (Å²) in [4.78, 5) is 15.8. The highest BCUT2D eigenvalue weighted by atomic mass is 35.5. The zero-order valence-electron chi connectivity index (χ0n) is 16.4.